The highest BCUT2D eigenvalue weighted by Crippen LogP contribution is 2.26. The van der Waals surface area contributed by atoms with E-state index in [1.165, 1.54) is 11.0 Å². The number of piperazine rings is 1. The molecule has 1 aromatic heterocycles. The van der Waals surface area contributed by atoms with Crippen LogP contribution in [0.3, 0.4) is 0 Å². The number of hydrogen-bond acceptors (Lipinski definition) is 5. The quantitative estimate of drug-likeness (QED) is 0.885. The first kappa shape index (κ1) is 16.6. The first-order valence-corrected chi connectivity index (χ1v) is 6.87. The van der Waals surface area contributed by atoms with Gasteiger partial charge in [0, 0.05) is 32.7 Å². The summed E-state index contributed by atoms with van der Waals surface area (Å²) in [5.41, 5.74) is -0.0353. The summed E-state index contributed by atoms with van der Waals surface area (Å²) >= 11 is 0. The maximum absolute atomic E-state index is 12.9. The molecule has 22 heavy (non-hydrogen) atoms. The molecule has 9 heteroatoms. The SMILES string of the molecule is CN(C)Cc1cc(C(=O)N2CCNCC2)nc(C(F)(F)F)n1. The fourth-order valence-electron chi connectivity index (χ4n) is 2.17. The minimum Gasteiger partial charge on any atom is -0.335 e. The summed E-state index contributed by atoms with van der Waals surface area (Å²) in [7, 11) is 3.43. The Morgan fingerprint density at radius 3 is 2.50 bits per heavy atom. The van der Waals surface area contributed by atoms with E-state index in [0.29, 0.717) is 26.2 Å². The van der Waals surface area contributed by atoms with Crippen molar-refractivity contribution in [2.45, 2.75) is 12.7 Å². The zero-order chi connectivity index (χ0) is 16.3. The topological polar surface area (TPSA) is 61.4 Å². The molecule has 0 saturated carbocycles. The molecule has 1 aliphatic rings. The van der Waals surface area contributed by atoms with E-state index in [1.807, 2.05) is 0 Å². The Bertz CT molecular complexity index is 541. The van der Waals surface area contributed by atoms with E-state index in [0.717, 1.165) is 0 Å². The molecule has 2 rings (SSSR count). The molecule has 122 valence electrons. The molecule has 0 atom stereocenters. The number of rotatable bonds is 3. The Hall–Kier alpha value is -1.74. The third-order valence-corrected chi connectivity index (χ3v) is 3.13. The van der Waals surface area contributed by atoms with Gasteiger partial charge in [-0.05, 0) is 20.2 Å². The van der Waals surface area contributed by atoms with Crippen LogP contribution in [0.2, 0.25) is 0 Å². The fourth-order valence-corrected chi connectivity index (χ4v) is 2.17. The van der Waals surface area contributed by atoms with Crippen LogP contribution in [0, 0.1) is 0 Å². The maximum atomic E-state index is 12.9. The molecule has 1 amide bonds. The highest BCUT2D eigenvalue weighted by atomic mass is 19.4. The zero-order valence-electron chi connectivity index (χ0n) is 12.4. The summed E-state index contributed by atoms with van der Waals surface area (Å²) in [6, 6.07) is 1.33. The summed E-state index contributed by atoms with van der Waals surface area (Å²) in [6.07, 6.45) is -4.68. The third-order valence-electron chi connectivity index (χ3n) is 3.13. The van der Waals surface area contributed by atoms with Crippen LogP contribution in [0.25, 0.3) is 0 Å². The van der Waals surface area contributed by atoms with E-state index >= 15 is 0 Å². The molecular formula is C13H18F3N5O. The number of carbonyl (C=O) groups is 1. The van der Waals surface area contributed by atoms with Gasteiger partial charge in [-0.25, -0.2) is 9.97 Å². The van der Waals surface area contributed by atoms with Crippen molar-refractivity contribution in [2.75, 3.05) is 40.3 Å². The summed E-state index contributed by atoms with van der Waals surface area (Å²) in [4.78, 5) is 22.5. The molecule has 0 spiro atoms. The van der Waals surface area contributed by atoms with Gasteiger partial charge in [-0.2, -0.15) is 13.2 Å². The van der Waals surface area contributed by atoms with E-state index < -0.39 is 17.9 Å². The number of aromatic nitrogens is 2. The number of nitrogens with one attached hydrogen (secondary N) is 1. The van der Waals surface area contributed by atoms with Gasteiger partial charge in [0.1, 0.15) is 5.69 Å². The number of carbonyl (C=O) groups excluding carboxylic acids is 1. The molecule has 0 radical (unpaired) electrons. The smallest absolute Gasteiger partial charge is 0.335 e. The van der Waals surface area contributed by atoms with Crippen LogP contribution in [-0.2, 0) is 12.7 Å². The van der Waals surface area contributed by atoms with Crippen molar-refractivity contribution in [3.05, 3.63) is 23.3 Å². The van der Waals surface area contributed by atoms with Gasteiger partial charge < -0.3 is 15.1 Å². The van der Waals surface area contributed by atoms with Crippen LogP contribution >= 0.6 is 0 Å². The number of halogens is 3. The lowest BCUT2D eigenvalue weighted by Gasteiger charge is -2.27. The molecule has 1 N–H and O–H groups in total. The second kappa shape index (κ2) is 6.57. The third kappa shape index (κ3) is 4.14. The molecule has 0 aliphatic carbocycles. The summed E-state index contributed by atoms with van der Waals surface area (Å²) < 4.78 is 38.8. The number of nitrogens with zero attached hydrogens (tertiary/aromatic N) is 4. The largest absolute Gasteiger partial charge is 0.451 e. The van der Waals surface area contributed by atoms with Crippen LogP contribution in [0.1, 0.15) is 22.0 Å². The highest BCUT2D eigenvalue weighted by molar-refractivity contribution is 5.92. The average Bonchev–Trinajstić information content (AvgIpc) is 2.45. The normalized spacial score (nSPS) is 16.2. The molecule has 1 saturated heterocycles. The molecule has 0 bridgehead atoms. The van der Waals surface area contributed by atoms with Crippen molar-refractivity contribution in [3.8, 4) is 0 Å². The lowest BCUT2D eigenvalue weighted by molar-refractivity contribution is -0.145. The molecule has 2 heterocycles. The first-order chi connectivity index (χ1) is 10.3. The Morgan fingerprint density at radius 2 is 1.95 bits per heavy atom. The van der Waals surface area contributed by atoms with Gasteiger partial charge in [0.05, 0.1) is 5.69 Å². The molecule has 1 aromatic rings. The van der Waals surface area contributed by atoms with E-state index in [-0.39, 0.29) is 17.9 Å². The summed E-state index contributed by atoms with van der Waals surface area (Å²) in [6.45, 7) is 2.34. The zero-order valence-corrected chi connectivity index (χ0v) is 12.4. The minimum absolute atomic E-state index is 0.172. The van der Waals surface area contributed by atoms with E-state index in [9.17, 15) is 18.0 Å². The van der Waals surface area contributed by atoms with Crippen molar-refractivity contribution in [2.24, 2.45) is 0 Å². The maximum Gasteiger partial charge on any atom is 0.451 e. The first-order valence-electron chi connectivity index (χ1n) is 6.87. The number of alkyl halides is 3. The standard InChI is InChI=1S/C13H18F3N5O/c1-20(2)8-9-7-10(19-12(18-9)13(14,15)16)11(22)21-5-3-17-4-6-21/h7,17H,3-6,8H2,1-2H3. The summed E-state index contributed by atoms with van der Waals surface area (Å²) in [5.74, 6) is -1.76. The summed E-state index contributed by atoms with van der Waals surface area (Å²) in [5, 5.41) is 3.08. The van der Waals surface area contributed by atoms with Crippen molar-refractivity contribution in [1.29, 1.82) is 0 Å². The van der Waals surface area contributed by atoms with Crippen LogP contribution in [-0.4, -0.2) is 65.9 Å². The van der Waals surface area contributed by atoms with Crippen LogP contribution in [0.5, 0.6) is 0 Å². The Kier molecular flexibility index (Phi) is 4.97. The lowest BCUT2D eigenvalue weighted by Crippen LogP contribution is -2.46. The lowest BCUT2D eigenvalue weighted by atomic mass is 10.2. The molecule has 1 fully saturated rings. The van der Waals surface area contributed by atoms with Gasteiger partial charge in [0.25, 0.3) is 5.91 Å². The van der Waals surface area contributed by atoms with Gasteiger partial charge in [-0.1, -0.05) is 0 Å². The van der Waals surface area contributed by atoms with Crippen molar-refractivity contribution < 1.29 is 18.0 Å². The monoisotopic (exact) mass is 317 g/mol. The van der Waals surface area contributed by atoms with Crippen molar-refractivity contribution in [1.82, 2.24) is 25.1 Å². The predicted molar refractivity (Wildman–Crippen MR) is 73.2 cm³/mol. The fraction of sp³-hybridized carbons (Fsp3) is 0.615. The van der Waals surface area contributed by atoms with E-state index in [1.54, 1.807) is 19.0 Å². The van der Waals surface area contributed by atoms with Gasteiger partial charge in [-0.15, -0.1) is 0 Å². The molecule has 0 unspecified atom stereocenters. The predicted octanol–water partition coefficient (Wildman–Crippen LogP) is 0.602. The molecular weight excluding hydrogens is 299 g/mol. The Morgan fingerprint density at radius 1 is 1.32 bits per heavy atom. The molecule has 0 aromatic carbocycles. The van der Waals surface area contributed by atoms with Gasteiger partial charge in [-0.3, -0.25) is 4.79 Å². The van der Waals surface area contributed by atoms with E-state index in [4.69, 9.17) is 0 Å². The second-order valence-electron chi connectivity index (χ2n) is 5.35. The Labute approximate surface area is 126 Å². The van der Waals surface area contributed by atoms with E-state index in [2.05, 4.69) is 15.3 Å². The minimum atomic E-state index is -4.68. The molecule has 6 nitrogen and oxygen atoms in total. The number of amides is 1. The van der Waals surface area contributed by atoms with Gasteiger partial charge >= 0.3 is 6.18 Å². The van der Waals surface area contributed by atoms with Crippen LogP contribution < -0.4 is 5.32 Å². The van der Waals surface area contributed by atoms with Gasteiger partial charge in [0.15, 0.2) is 0 Å². The van der Waals surface area contributed by atoms with Crippen LogP contribution in [0.4, 0.5) is 13.2 Å². The number of hydrogen-bond donors (Lipinski definition) is 1. The highest BCUT2D eigenvalue weighted by Gasteiger charge is 2.36. The van der Waals surface area contributed by atoms with Crippen LogP contribution in [0.15, 0.2) is 6.07 Å². The van der Waals surface area contributed by atoms with Crippen molar-refractivity contribution in [3.63, 3.8) is 0 Å². The molecule has 1 aliphatic heterocycles. The van der Waals surface area contributed by atoms with Gasteiger partial charge in [0.2, 0.25) is 5.82 Å². The Balaban J connectivity index is 2.34. The average molecular weight is 317 g/mol. The second-order valence-corrected chi connectivity index (χ2v) is 5.35. The van der Waals surface area contributed by atoms with Crippen molar-refractivity contribution >= 4 is 5.91 Å².